The van der Waals surface area contributed by atoms with E-state index in [4.69, 9.17) is 0 Å². The van der Waals surface area contributed by atoms with Crippen molar-refractivity contribution in [2.75, 3.05) is 11.9 Å². The second kappa shape index (κ2) is 5.96. The molecule has 6 heteroatoms. The third kappa shape index (κ3) is 2.82. The summed E-state index contributed by atoms with van der Waals surface area (Å²) in [6, 6.07) is 12.2. The van der Waals surface area contributed by atoms with Gasteiger partial charge in [0.1, 0.15) is 11.5 Å². The molecule has 1 N–H and O–H groups in total. The zero-order valence-electron chi connectivity index (χ0n) is 13.8. The first kappa shape index (κ1) is 14.7. The van der Waals surface area contributed by atoms with Crippen LogP contribution in [0.2, 0.25) is 0 Å². The summed E-state index contributed by atoms with van der Waals surface area (Å²) in [6.45, 7) is 4.82. The van der Waals surface area contributed by atoms with E-state index in [0.29, 0.717) is 5.96 Å². The lowest BCUT2D eigenvalue weighted by molar-refractivity contribution is -0.412. The number of hydrazone groups is 1. The molecule has 0 fully saturated rings. The molecular weight excluding hydrogens is 300 g/mol. The largest absolute Gasteiger partial charge is 0.458 e. The van der Waals surface area contributed by atoms with Crippen molar-refractivity contribution in [2.24, 2.45) is 15.1 Å². The molecule has 2 aliphatic heterocycles. The number of nitrogens with one attached hydrogen (secondary N) is 1. The quantitative estimate of drug-likeness (QED) is 0.880. The first-order valence-corrected chi connectivity index (χ1v) is 8.11. The Morgan fingerprint density at radius 3 is 2.88 bits per heavy atom. The van der Waals surface area contributed by atoms with E-state index in [9.17, 15) is 0 Å². The molecule has 0 spiro atoms. The summed E-state index contributed by atoms with van der Waals surface area (Å²) in [7, 11) is 0. The number of hydrogen-bond acceptors (Lipinski definition) is 5. The number of anilines is 1. The minimum atomic E-state index is 0.690. The van der Waals surface area contributed by atoms with Crippen molar-refractivity contribution < 1.29 is 4.68 Å². The SMILES string of the molecule is CC1=NC2=NC(CCNc3ccc4ccccc4n3)=N[N+]2=C(C)C1. The van der Waals surface area contributed by atoms with Crippen LogP contribution in [0.5, 0.6) is 0 Å². The lowest BCUT2D eigenvalue weighted by atomic mass is 10.2. The normalized spacial score (nSPS) is 16.7. The summed E-state index contributed by atoms with van der Waals surface area (Å²) in [5, 5.41) is 9.04. The van der Waals surface area contributed by atoms with Gasteiger partial charge < -0.3 is 5.32 Å². The molecule has 6 nitrogen and oxygen atoms in total. The molecular formula is C18H19N6+. The number of aromatic nitrogens is 1. The summed E-state index contributed by atoms with van der Waals surface area (Å²) in [4.78, 5) is 13.6. The summed E-state index contributed by atoms with van der Waals surface area (Å²) < 4.78 is 1.84. The molecule has 0 aliphatic carbocycles. The van der Waals surface area contributed by atoms with Crippen LogP contribution in [0.4, 0.5) is 5.82 Å². The number of hydrogen-bond donors (Lipinski definition) is 1. The van der Waals surface area contributed by atoms with Crippen molar-refractivity contribution in [1.82, 2.24) is 4.98 Å². The van der Waals surface area contributed by atoms with Gasteiger partial charge in [-0.3, -0.25) is 0 Å². The van der Waals surface area contributed by atoms with Crippen LogP contribution in [0.15, 0.2) is 51.5 Å². The fraction of sp³-hybridized carbons (Fsp3) is 0.278. The van der Waals surface area contributed by atoms with E-state index in [0.717, 1.165) is 47.7 Å². The lowest BCUT2D eigenvalue weighted by Gasteiger charge is -2.05. The summed E-state index contributed by atoms with van der Waals surface area (Å²) in [5.74, 6) is 2.36. The van der Waals surface area contributed by atoms with Crippen LogP contribution < -0.4 is 5.32 Å². The Balaban J connectivity index is 1.42. The van der Waals surface area contributed by atoms with Gasteiger partial charge in [0.25, 0.3) is 0 Å². The second-order valence-corrected chi connectivity index (χ2v) is 6.06. The van der Waals surface area contributed by atoms with Gasteiger partial charge in [-0.25, -0.2) is 4.98 Å². The van der Waals surface area contributed by atoms with E-state index >= 15 is 0 Å². The fourth-order valence-electron chi connectivity index (χ4n) is 2.90. The maximum absolute atomic E-state index is 4.61. The standard InChI is InChI=1S/C18H19N6/c1-12-11-13(2)24-18(20-12)22-17(23-24)9-10-19-16-8-7-14-5-3-4-6-15(14)21-16/h3-8H,9-11H2,1-2H3,(H,19,21)/q+1. The van der Waals surface area contributed by atoms with E-state index in [-0.39, 0.29) is 0 Å². The topological polar surface area (TPSA) is 65.0 Å². The van der Waals surface area contributed by atoms with Crippen LogP contribution in [-0.2, 0) is 0 Å². The second-order valence-electron chi connectivity index (χ2n) is 6.06. The molecule has 0 radical (unpaired) electrons. The Kier molecular flexibility index (Phi) is 3.65. The summed E-state index contributed by atoms with van der Waals surface area (Å²) >= 11 is 0. The van der Waals surface area contributed by atoms with Crippen LogP contribution in [0.1, 0.15) is 26.7 Å². The van der Waals surface area contributed by atoms with E-state index in [1.165, 1.54) is 5.71 Å². The van der Waals surface area contributed by atoms with Gasteiger partial charge in [-0.15, -0.1) is 4.68 Å². The van der Waals surface area contributed by atoms with Crippen LogP contribution in [-0.4, -0.2) is 39.4 Å². The third-order valence-electron chi connectivity index (χ3n) is 4.05. The van der Waals surface area contributed by atoms with Crippen molar-refractivity contribution in [3.8, 4) is 0 Å². The van der Waals surface area contributed by atoms with Gasteiger partial charge in [0, 0.05) is 18.4 Å². The van der Waals surface area contributed by atoms with Gasteiger partial charge in [0.05, 0.1) is 17.6 Å². The van der Waals surface area contributed by atoms with Gasteiger partial charge in [-0.1, -0.05) is 28.3 Å². The molecule has 120 valence electrons. The molecule has 0 saturated heterocycles. The number of guanidine groups is 1. The van der Waals surface area contributed by atoms with Gasteiger partial charge in [-0.05, 0) is 37.0 Å². The molecule has 3 heterocycles. The van der Waals surface area contributed by atoms with Crippen molar-refractivity contribution in [1.29, 1.82) is 0 Å². The number of benzene rings is 1. The maximum Gasteiger partial charge on any atom is 0.458 e. The maximum atomic E-state index is 4.61. The van der Waals surface area contributed by atoms with Gasteiger partial charge in [0.2, 0.25) is 5.84 Å². The van der Waals surface area contributed by atoms with Gasteiger partial charge >= 0.3 is 5.96 Å². The van der Waals surface area contributed by atoms with Crippen molar-refractivity contribution in [2.45, 2.75) is 26.7 Å². The molecule has 1 aromatic carbocycles. The molecule has 24 heavy (non-hydrogen) atoms. The molecule has 2 aliphatic rings. The molecule has 0 amide bonds. The highest BCUT2D eigenvalue weighted by Crippen LogP contribution is 2.15. The minimum absolute atomic E-state index is 0.690. The number of fused-ring (bicyclic) bond motifs is 2. The molecule has 1 aromatic heterocycles. The first-order chi connectivity index (χ1) is 11.7. The van der Waals surface area contributed by atoms with Crippen molar-refractivity contribution in [3.05, 3.63) is 36.4 Å². The molecule has 0 saturated carbocycles. The number of rotatable bonds is 4. The molecule has 0 atom stereocenters. The monoisotopic (exact) mass is 319 g/mol. The van der Waals surface area contributed by atoms with Crippen molar-refractivity contribution in [3.63, 3.8) is 0 Å². The highest BCUT2D eigenvalue weighted by Gasteiger charge is 2.30. The van der Waals surface area contributed by atoms with E-state index in [1.54, 1.807) is 0 Å². The molecule has 0 bridgehead atoms. The molecule has 0 unspecified atom stereocenters. The Morgan fingerprint density at radius 1 is 1.08 bits per heavy atom. The predicted octanol–water partition coefficient (Wildman–Crippen LogP) is 3.06. The average molecular weight is 319 g/mol. The third-order valence-corrected chi connectivity index (χ3v) is 4.05. The zero-order valence-corrected chi connectivity index (χ0v) is 13.8. The summed E-state index contributed by atoms with van der Waals surface area (Å²) in [6.07, 6.45) is 1.59. The minimum Gasteiger partial charge on any atom is -0.370 e. The first-order valence-electron chi connectivity index (χ1n) is 8.11. The Morgan fingerprint density at radius 2 is 1.96 bits per heavy atom. The van der Waals surface area contributed by atoms with Crippen molar-refractivity contribution >= 4 is 39.9 Å². The molecule has 4 rings (SSSR count). The number of amidine groups is 1. The summed E-state index contributed by atoms with van der Waals surface area (Å²) in [5.41, 5.74) is 3.24. The van der Waals surface area contributed by atoms with E-state index in [2.05, 4.69) is 44.4 Å². The number of nitrogens with zero attached hydrogens (tertiary/aromatic N) is 5. The fourth-order valence-corrected chi connectivity index (χ4v) is 2.90. The van der Waals surface area contributed by atoms with Gasteiger partial charge in [0.15, 0.2) is 0 Å². The zero-order chi connectivity index (χ0) is 16.5. The number of aliphatic imine (C=N–C) groups is 2. The Bertz CT molecular complexity index is 935. The van der Waals surface area contributed by atoms with Crippen LogP contribution >= 0.6 is 0 Å². The Labute approximate surface area is 140 Å². The lowest BCUT2D eigenvalue weighted by Crippen LogP contribution is -2.25. The van der Waals surface area contributed by atoms with E-state index in [1.807, 2.05) is 35.9 Å². The smallest absolute Gasteiger partial charge is 0.370 e. The predicted molar refractivity (Wildman–Crippen MR) is 98.4 cm³/mol. The van der Waals surface area contributed by atoms with Gasteiger partial charge in [-0.2, -0.15) is 0 Å². The van der Waals surface area contributed by atoms with E-state index < -0.39 is 0 Å². The van der Waals surface area contributed by atoms with Crippen LogP contribution in [0.3, 0.4) is 0 Å². The van der Waals surface area contributed by atoms with Crippen LogP contribution in [0.25, 0.3) is 10.9 Å². The average Bonchev–Trinajstić information content (AvgIpc) is 2.98. The molecule has 2 aromatic rings. The highest BCUT2D eigenvalue weighted by molar-refractivity contribution is 6.11. The number of para-hydroxylation sites is 1. The highest BCUT2D eigenvalue weighted by atomic mass is 15.5. The Hall–Kier alpha value is -2.89. The van der Waals surface area contributed by atoms with Crippen LogP contribution in [0, 0.1) is 0 Å². The number of pyridine rings is 1.